The van der Waals surface area contributed by atoms with Gasteiger partial charge >= 0.3 is 0 Å². The molecular formula is C4H4NO. The van der Waals surface area contributed by atoms with Crippen LogP contribution in [0.1, 0.15) is 0 Å². The minimum atomic E-state index is 0.102. The third kappa shape index (κ3) is 0.360. The van der Waals surface area contributed by atoms with Crippen LogP contribution in [0, 0.1) is 6.07 Å². The second kappa shape index (κ2) is 1.05. The van der Waals surface area contributed by atoms with Crippen molar-refractivity contribution in [3.05, 3.63) is 18.4 Å². The van der Waals surface area contributed by atoms with E-state index in [0.29, 0.717) is 5.72 Å². The average Bonchev–Trinajstić information content (AvgIpc) is 2.12. The van der Waals surface area contributed by atoms with Crippen molar-refractivity contribution < 1.29 is 7.24 Å². The summed E-state index contributed by atoms with van der Waals surface area (Å²) in [7, 11) is 0. The maximum atomic E-state index is 6.61. The number of hydrogen-bond acceptors (Lipinski definition) is 2. The van der Waals surface area contributed by atoms with Crippen LogP contribution in [0.3, 0.4) is 0 Å². The smallest absolute Gasteiger partial charge is 0.198 e. The second-order valence-electron chi connectivity index (χ2n) is 0.870. The fraction of sp³-hybridized carbons (Fsp3) is 0. The van der Waals surface area contributed by atoms with E-state index in [9.17, 15) is 0 Å². The summed E-state index contributed by atoms with van der Waals surface area (Å²) < 4.78 is 17.8. The summed E-state index contributed by atoms with van der Waals surface area (Å²) in [6, 6.07) is 4.03. The summed E-state index contributed by atoms with van der Waals surface area (Å²) in [5.74, 6) is 0.102. The molecule has 0 bridgehead atoms. The van der Waals surface area contributed by atoms with E-state index in [0.717, 1.165) is 0 Å². The Balaban J connectivity index is 2.77. The molecule has 0 fully saturated rings. The molecule has 0 aliphatic rings. The Bertz CT molecular complexity index is 149. The first-order valence-corrected chi connectivity index (χ1v) is 1.54. The van der Waals surface area contributed by atoms with E-state index in [1.165, 1.54) is 12.3 Å². The molecule has 31 valence electrons. The van der Waals surface area contributed by atoms with E-state index in [4.69, 9.17) is 2.82 Å². The lowest BCUT2D eigenvalue weighted by Gasteiger charge is -1.70. The lowest BCUT2D eigenvalue weighted by atomic mass is 10.6. The molecule has 2 heteroatoms. The average molecular weight is 86.1 g/mol. The molecule has 0 unspecified atom stereocenters. The zero-order chi connectivity index (χ0) is 5.98. The predicted octanol–water partition coefficient (Wildman–Crippen LogP) is 0.662. The van der Waals surface area contributed by atoms with Gasteiger partial charge in [0.25, 0.3) is 0 Å². The number of nitrogen functional groups attached to an aromatic ring is 1. The zero-order valence-electron chi connectivity index (χ0n) is 5.01. The number of furan rings is 1. The first-order chi connectivity index (χ1) is 3.80. The van der Waals surface area contributed by atoms with Gasteiger partial charge in [0.1, 0.15) is 0 Å². The Morgan fingerprint density at radius 1 is 2.17 bits per heavy atom. The third-order valence-electron chi connectivity index (χ3n) is 0.455. The van der Waals surface area contributed by atoms with Crippen molar-refractivity contribution in [1.29, 1.82) is 0 Å². The van der Waals surface area contributed by atoms with Gasteiger partial charge < -0.3 is 10.1 Å². The molecule has 1 aromatic rings. The fourth-order valence-electron chi connectivity index (χ4n) is 0.238. The van der Waals surface area contributed by atoms with Crippen molar-refractivity contribution in [3.8, 4) is 0 Å². The SMILES string of the molecule is [3H]N([3H])c1[c]cco1. The predicted molar refractivity (Wildman–Crippen MR) is 22.0 cm³/mol. The molecule has 0 saturated heterocycles. The molecule has 2 nitrogen and oxygen atoms in total. The first kappa shape index (κ1) is 1.69. The summed E-state index contributed by atoms with van der Waals surface area (Å²) in [5.41, 5.74) is 0.361. The molecule has 1 radical (unpaired) electrons. The van der Waals surface area contributed by atoms with Gasteiger partial charge in [-0.3, -0.25) is 0 Å². The fourth-order valence-corrected chi connectivity index (χ4v) is 0.238. The van der Waals surface area contributed by atoms with Crippen molar-refractivity contribution in [3.63, 3.8) is 0 Å². The highest BCUT2D eigenvalue weighted by Gasteiger charge is 1.77. The summed E-state index contributed by atoms with van der Waals surface area (Å²) in [6.07, 6.45) is 1.37. The molecule has 2 N–H and O–H groups in total. The highest BCUT2D eigenvalue weighted by atomic mass is 16.3. The number of hydrogen-bond donors (Lipinski definition) is 1. The van der Waals surface area contributed by atoms with Gasteiger partial charge in [-0.15, -0.1) is 0 Å². The van der Waals surface area contributed by atoms with E-state index in [-0.39, 0.29) is 5.88 Å². The second-order valence-corrected chi connectivity index (χ2v) is 0.870. The van der Waals surface area contributed by atoms with Gasteiger partial charge in [-0.25, -0.2) is 0 Å². The van der Waals surface area contributed by atoms with E-state index < -0.39 is 0 Å². The van der Waals surface area contributed by atoms with Crippen molar-refractivity contribution in [1.82, 2.24) is 0 Å². The van der Waals surface area contributed by atoms with Crippen LogP contribution in [0.15, 0.2) is 16.7 Å². The molecule has 0 spiro atoms. The van der Waals surface area contributed by atoms with Crippen LogP contribution in [-0.2, 0) is 0 Å². The zero-order valence-corrected chi connectivity index (χ0v) is 3.01. The number of nitrogens with two attached hydrogens (primary N) is 1. The summed E-state index contributed by atoms with van der Waals surface area (Å²) in [6.45, 7) is 0. The van der Waals surface area contributed by atoms with E-state index in [1.54, 1.807) is 0 Å². The van der Waals surface area contributed by atoms with Crippen LogP contribution in [0.25, 0.3) is 0 Å². The van der Waals surface area contributed by atoms with Gasteiger partial charge in [0.05, 0.1) is 12.3 Å². The Kier molecular flexibility index (Phi) is 0.294. The van der Waals surface area contributed by atoms with Gasteiger partial charge in [-0.2, -0.15) is 0 Å². The van der Waals surface area contributed by atoms with Gasteiger partial charge in [-0.1, -0.05) is 0 Å². The Morgan fingerprint density at radius 2 is 3.17 bits per heavy atom. The Hall–Kier alpha value is -0.920. The van der Waals surface area contributed by atoms with E-state index >= 15 is 0 Å². The molecule has 0 saturated carbocycles. The largest absolute Gasteiger partial charge is 0.449 e. The summed E-state index contributed by atoms with van der Waals surface area (Å²) in [4.78, 5) is 0. The van der Waals surface area contributed by atoms with Crippen molar-refractivity contribution >= 4 is 5.88 Å². The van der Waals surface area contributed by atoms with Crippen LogP contribution in [0.4, 0.5) is 5.88 Å². The lowest BCUT2D eigenvalue weighted by Crippen LogP contribution is -1.75. The molecule has 1 aromatic heterocycles. The molecule has 0 amide bonds. The Labute approximate surface area is 38.5 Å². The van der Waals surface area contributed by atoms with E-state index in [1.807, 2.05) is 0 Å². The highest BCUT2D eigenvalue weighted by Crippen LogP contribution is 1.96. The topological polar surface area (TPSA) is 39.2 Å². The van der Waals surface area contributed by atoms with Crippen molar-refractivity contribution in [2.75, 3.05) is 5.72 Å². The van der Waals surface area contributed by atoms with E-state index in [2.05, 4.69) is 10.5 Å². The van der Waals surface area contributed by atoms with Crippen LogP contribution in [-0.4, -0.2) is 0 Å². The van der Waals surface area contributed by atoms with Crippen molar-refractivity contribution in [2.45, 2.75) is 0 Å². The van der Waals surface area contributed by atoms with Crippen molar-refractivity contribution in [2.24, 2.45) is 0 Å². The minimum absolute atomic E-state index is 0.102. The van der Waals surface area contributed by atoms with Crippen LogP contribution in [0.2, 0.25) is 2.82 Å². The molecule has 0 aliphatic carbocycles. The Morgan fingerprint density at radius 3 is 3.50 bits per heavy atom. The summed E-state index contributed by atoms with van der Waals surface area (Å²) >= 11 is 0. The van der Waals surface area contributed by atoms with Gasteiger partial charge in [0.15, 0.2) is 8.71 Å². The van der Waals surface area contributed by atoms with Gasteiger partial charge in [-0.05, 0) is 6.07 Å². The van der Waals surface area contributed by atoms with Gasteiger partial charge in [0, 0.05) is 0 Å². The molecule has 0 atom stereocenters. The number of anilines is 1. The summed E-state index contributed by atoms with van der Waals surface area (Å²) in [5, 5.41) is 0. The number of rotatable bonds is 1. The monoisotopic (exact) mass is 86.0 g/mol. The molecule has 6 heavy (non-hydrogen) atoms. The third-order valence-corrected chi connectivity index (χ3v) is 0.455. The maximum absolute atomic E-state index is 6.61. The van der Waals surface area contributed by atoms with Crippen LogP contribution >= 0.6 is 0 Å². The maximum Gasteiger partial charge on any atom is 0.198 e. The molecule has 1 heterocycles. The minimum Gasteiger partial charge on any atom is -0.449 e. The van der Waals surface area contributed by atoms with Crippen LogP contribution < -0.4 is 5.72 Å². The quantitative estimate of drug-likeness (QED) is 0.545. The molecule has 0 aromatic carbocycles. The molecular weight excluding hydrogens is 78.0 g/mol. The first-order valence-electron chi connectivity index (χ1n) is 2.43. The van der Waals surface area contributed by atoms with Gasteiger partial charge in [0.2, 0.25) is 0 Å². The standard InChI is InChI=1S/C4H4NO/c5-4-2-1-3-6-4/h1,3H,5H2/i/hT2. The normalized spacial score (nSPS) is 12.7. The van der Waals surface area contributed by atoms with Crippen LogP contribution in [0.5, 0.6) is 0 Å². The molecule has 0 aliphatic heterocycles. The molecule has 1 rings (SSSR count). The lowest BCUT2D eigenvalue weighted by molar-refractivity contribution is 0.587. The highest BCUT2D eigenvalue weighted by molar-refractivity contribution is 5.18.